The quantitative estimate of drug-likeness (QED) is 0.664. The predicted molar refractivity (Wildman–Crippen MR) is 88.3 cm³/mol. The van der Waals surface area contributed by atoms with Crippen LogP contribution in [0, 0.1) is 20.8 Å². The number of benzene rings is 2. The molecule has 0 N–H and O–H groups in total. The van der Waals surface area contributed by atoms with Crippen LogP contribution in [0.5, 0.6) is 0 Å². The molecule has 0 bridgehead atoms. The number of aryl methyl sites for hydroxylation is 4. The number of hydrogen-bond donors (Lipinski definition) is 0. The van der Waals surface area contributed by atoms with Gasteiger partial charge in [-0.1, -0.05) is 42.0 Å². The molecule has 0 saturated carbocycles. The highest BCUT2D eigenvalue weighted by Gasteiger charge is 2.14. The van der Waals surface area contributed by atoms with Crippen molar-refractivity contribution in [1.29, 1.82) is 0 Å². The van der Waals surface area contributed by atoms with E-state index < -0.39 is 0 Å². The van der Waals surface area contributed by atoms with Crippen molar-refractivity contribution in [2.45, 2.75) is 20.8 Å². The Bertz CT molecular complexity index is 774. The second-order valence-corrected chi connectivity index (χ2v) is 5.68. The summed E-state index contributed by atoms with van der Waals surface area (Å²) >= 11 is 0. The number of hydrogen-bond acceptors (Lipinski definition) is 1. The topological polar surface area (TPSA) is 17.8 Å². The summed E-state index contributed by atoms with van der Waals surface area (Å²) in [6.45, 7) is 6.52. The average molecular weight is 276 g/mol. The molecular formula is C19H20N2. The van der Waals surface area contributed by atoms with E-state index >= 15 is 0 Å². The van der Waals surface area contributed by atoms with Crippen LogP contribution in [0.2, 0.25) is 0 Å². The first-order chi connectivity index (χ1) is 10.1. The minimum atomic E-state index is 1.00. The molecule has 0 spiro atoms. The van der Waals surface area contributed by atoms with E-state index in [-0.39, 0.29) is 0 Å². The van der Waals surface area contributed by atoms with Crippen molar-refractivity contribution >= 4 is 0 Å². The average Bonchev–Trinajstić information content (AvgIpc) is 2.84. The zero-order chi connectivity index (χ0) is 15.0. The van der Waals surface area contributed by atoms with Crippen LogP contribution in [0.4, 0.5) is 0 Å². The molecule has 2 nitrogen and oxygen atoms in total. The Morgan fingerprint density at radius 1 is 0.905 bits per heavy atom. The molecule has 0 radical (unpaired) electrons. The maximum Gasteiger partial charge on any atom is 0.140 e. The van der Waals surface area contributed by atoms with Gasteiger partial charge in [0.05, 0.1) is 0 Å². The Labute approximate surface area is 126 Å². The lowest BCUT2D eigenvalue weighted by molar-refractivity contribution is 0.925. The van der Waals surface area contributed by atoms with E-state index in [0.29, 0.717) is 0 Å². The Morgan fingerprint density at radius 2 is 1.52 bits per heavy atom. The summed E-state index contributed by atoms with van der Waals surface area (Å²) in [6.07, 6.45) is 3.84. The van der Waals surface area contributed by atoms with Crippen LogP contribution in [-0.4, -0.2) is 9.55 Å². The molecule has 2 aromatic carbocycles. The first kappa shape index (κ1) is 13.6. The minimum absolute atomic E-state index is 1.00. The predicted octanol–water partition coefficient (Wildman–Crippen LogP) is 4.68. The van der Waals surface area contributed by atoms with Gasteiger partial charge in [0.25, 0.3) is 0 Å². The molecule has 3 rings (SSSR count). The minimum Gasteiger partial charge on any atom is -0.334 e. The summed E-state index contributed by atoms with van der Waals surface area (Å²) in [6, 6.07) is 13.0. The van der Waals surface area contributed by atoms with Gasteiger partial charge in [0, 0.05) is 25.0 Å². The van der Waals surface area contributed by atoms with E-state index in [4.69, 9.17) is 0 Å². The molecule has 0 fully saturated rings. The third kappa shape index (κ3) is 2.38. The number of rotatable bonds is 2. The molecule has 21 heavy (non-hydrogen) atoms. The van der Waals surface area contributed by atoms with E-state index in [2.05, 4.69) is 66.7 Å². The molecule has 0 aliphatic heterocycles. The van der Waals surface area contributed by atoms with Gasteiger partial charge >= 0.3 is 0 Å². The van der Waals surface area contributed by atoms with Crippen LogP contribution in [0.25, 0.3) is 22.5 Å². The van der Waals surface area contributed by atoms with Crippen molar-refractivity contribution in [2.75, 3.05) is 0 Å². The number of nitrogens with zero attached hydrogens (tertiary/aromatic N) is 2. The van der Waals surface area contributed by atoms with Gasteiger partial charge in [-0.3, -0.25) is 0 Å². The third-order valence-electron chi connectivity index (χ3n) is 3.94. The monoisotopic (exact) mass is 276 g/mol. The zero-order valence-electron chi connectivity index (χ0n) is 13.0. The molecule has 2 heteroatoms. The van der Waals surface area contributed by atoms with Crippen LogP contribution < -0.4 is 0 Å². The molecule has 3 aromatic rings. The van der Waals surface area contributed by atoms with E-state index in [9.17, 15) is 0 Å². The zero-order valence-corrected chi connectivity index (χ0v) is 13.0. The Hall–Kier alpha value is -2.35. The standard InChI is InChI=1S/C19H20N2/c1-13-11-14(2)18(15(3)12-13)16-7-5-6-8-17(16)19-20-9-10-21(19)4/h5-12H,1-4H3. The van der Waals surface area contributed by atoms with Gasteiger partial charge in [-0.2, -0.15) is 0 Å². The largest absolute Gasteiger partial charge is 0.334 e. The van der Waals surface area contributed by atoms with Crippen LogP contribution in [0.15, 0.2) is 48.8 Å². The van der Waals surface area contributed by atoms with Crippen LogP contribution in [0.1, 0.15) is 16.7 Å². The fourth-order valence-corrected chi connectivity index (χ4v) is 3.13. The third-order valence-corrected chi connectivity index (χ3v) is 3.94. The van der Waals surface area contributed by atoms with E-state index in [1.165, 1.54) is 33.4 Å². The fraction of sp³-hybridized carbons (Fsp3) is 0.211. The second-order valence-electron chi connectivity index (χ2n) is 5.68. The van der Waals surface area contributed by atoms with Gasteiger partial charge in [0.2, 0.25) is 0 Å². The van der Waals surface area contributed by atoms with Gasteiger partial charge in [0.1, 0.15) is 5.82 Å². The normalized spacial score (nSPS) is 10.9. The second kappa shape index (κ2) is 5.21. The molecule has 1 aromatic heterocycles. The summed E-state index contributed by atoms with van der Waals surface area (Å²) in [5, 5.41) is 0. The number of aromatic nitrogens is 2. The molecule has 106 valence electrons. The van der Waals surface area contributed by atoms with E-state index in [1.54, 1.807) is 0 Å². The summed E-state index contributed by atoms with van der Waals surface area (Å²) in [4.78, 5) is 4.51. The molecule has 0 unspecified atom stereocenters. The Morgan fingerprint density at radius 3 is 2.10 bits per heavy atom. The summed E-state index contributed by atoms with van der Waals surface area (Å²) in [5.41, 5.74) is 7.69. The maximum absolute atomic E-state index is 4.51. The first-order valence-electron chi connectivity index (χ1n) is 7.23. The summed E-state index contributed by atoms with van der Waals surface area (Å²) < 4.78 is 2.07. The maximum atomic E-state index is 4.51. The van der Waals surface area contributed by atoms with Crippen molar-refractivity contribution in [2.24, 2.45) is 7.05 Å². The van der Waals surface area contributed by atoms with Crippen LogP contribution in [-0.2, 0) is 7.05 Å². The van der Waals surface area contributed by atoms with Crippen LogP contribution in [0.3, 0.4) is 0 Å². The van der Waals surface area contributed by atoms with Crippen molar-refractivity contribution in [1.82, 2.24) is 9.55 Å². The van der Waals surface area contributed by atoms with Crippen LogP contribution >= 0.6 is 0 Å². The lowest BCUT2D eigenvalue weighted by atomic mass is 9.90. The molecular weight excluding hydrogens is 256 g/mol. The van der Waals surface area contributed by atoms with Gasteiger partial charge < -0.3 is 4.57 Å². The molecule has 0 atom stereocenters. The van der Waals surface area contributed by atoms with Gasteiger partial charge in [-0.25, -0.2) is 4.98 Å². The lowest BCUT2D eigenvalue weighted by Gasteiger charge is -2.15. The highest BCUT2D eigenvalue weighted by molar-refractivity contribution is 5.84. The first-order valence-corrected chi connectivity index (χ1v) is 7.23. The fourth-order valence-electron chi connectivity index (χ4n) is 3.13. The Balaban J connectivity index is 2.28. The highest BCUT2D eigenvalue weighted by atomic mass is 15.0. The van der Waals surface area contributed by atoms with Gasteiger partial charge in [-0.15, -0.1) is 0 Å². The van der Waals surface area contributed by atoms with Crippen molar-refractivity contribution in [3.63, 3.8) is 0 Å². The summed E-state index contributed by atoms with van der Waals surface area (Å²) in [5.74, 6) is 1.00. The van der Waals surface area contributed by atoms with Crippen molar-refractivity contribution in [3.05, 3.63) is 65.5 Å². The Kier molecular flexibility index (Phi) is 3.38. The number of imidazole rings is 1. The molecule has 0 aliphatic carbocycles. The van der Waals surface area contributed by atoms with Gasteiger partial charge in [0.15, 0.2) is 0 Å². The highest BCUT2D eigenvalue weighted by Crippen LogP contribution is 2.35. The smallest absolute Gasteiger partial charge is 0.140 e. The SMILES string of the molecule is Cc1cc(C)c(-c2ccccc2-c2nccn2C)c(C)c1. The molecule has 1 heterocycles. The molecule has 0 saturated heterocycles. The van der Waals surface area contributed by atoms with Crippen molar-refractivity contribution < 1.29 is 0 Å². The van der Waals surface area contributed by atoms with E-state index in [0.717, 1.165) is 5.82 Å². The van der Waals surface area contributed by atoms with E-state index in [1.807, 2.05) is 19.4 Å². The molecule has 0 amide bonds. The van der Waals surface area contributed by atoms with Gasteiger partial charge in [-0.05, 0) is 43.0 Å². The summed E-state index contributed by atoms with van der Waals surface area (Å²) in [7, 11) is 2.04. The van der Waals surface area contributed by atoms with Crippen molar-refractivity contribution in [3.8, 4) is 22.5 Å². The molecule has 0 aliphatic rings. The lowest BCUT2D eigenvalue weighted by Crippen LogP contribution is -1.96.